The largest absolute Gasteiger partial charge is 0.366 e. The van der Waals surface area contributed by atoms with E-state index < -0.39 is 0 Å². The van der Waals surface area contributed by atoms with Crippen molar-refractivity contribution < 1.29 is 9.53 Å². The van der Waals surface area contributed by atoms with Crippen LogP contribution in [0.25, 0.3) is 0 Å². The van der Waals surface area contributed by atoms with Crippen molar-refractivity contribution in [3.63, 3.8) is 0 Å². The maximum atomic E-state index is 12.5. The number of ether oxygens (including phenoxy) is 1. The van der Waals surface area contributed by atoms with Gasteiger partial charge in [0, 0.05) is 26.1 Å². The molecule has 1 aromatic heterocycles. The van der Waals surface area contributed by atoms with Crippen LogP contribution in [0.2, 0.25) is 0 Å². The zero-order valence-corrected chi connectivity index (χ0v) is 13.7. The molecular weight excluding hydrogens is 306 g/mol. The number of rotatable bonds is 3. The summed E-state index contributed by atoms with van der Waals surface area (Å²) in [5.74, 6) is 1.18. The molecule has 2 atom stereocenters. The molecule has 7 nitrogen and oxygen atoms in total. The van der Waals surface area contributed by atoms with Gasteiger partial charge in [-0.3, -0.25) is 0 Å². The van der Waals surface area contributed by atoms with Crippen LogP contribution >= 0.6 is 0 Å². The average Bonchev–Trinajstić information content (AvgIpc) is 3.02. The molecule has 7 heteroatoms. The smallest absolute Gasteiger partial charge is 0.317 e. The van der Waals surface area contributed by atoms with Crippen LogP contribution in [0.15, 0.2) is 30.6 Å². The number of aryl methyl sites for hydroxylation is 1. The number of hydrogen-bond acceptors (Lipinski definition) is 4. The first kappa shape index (κ1) is 15.1. The number of amides is 2. The van der Waals surface area contributed by atoms with E-state index in [0.29, 0.717) is 32.2 Å². The summed E-state index contributed by atoms with van der Waals surface area (Å²) in [7, 11) is 1.88. The summed E-state index contributed by atoms with van der Waals surface area (Å²) in [6, 6.07) is 8.39. The lowest BCUT2D eigenvalue weighted by Gasteiger charge is -2.34. The molecule has 2 amide bonds. The molecule has 2 aliphatic rings. The lowest BCUT2D eigenvalue weighted by molar-refractivity contribution is -0.0214. The SMILES string of the molecule is Cn1cnnc1[C@H]1CN(C(=O)NC[C@H]2Cc3ccccc32)CCO1. The molecule has 1 fully saturated rings. The molecule has 0 unspecified atom stereocenters. The van der Waals surface area contributed by atoms with Crippen LogP contribution in [-0.4, -0.2) is 51.9 Å². The van der Waals surface area contributed by atoms with Crippen molar-refractivity contribution in [1.29, 1.82) is 0 Å². The minimum atomic E-state index is -0.221. The van der Waals surface area contributed by atoms with E-state index in [2.05, 4.69) is 39.8 Å². The number of morpholine rings is 1. The summed E-state index contributed by atoms with van der Waals surface area (Å²) in [5.41, 5.74) is 2.75. The molecule has 0 radical (unpaired) electrons. The predicted molar refractivity (Wildman–Crippen MR) is 87.6 cm³/mol. The molecule has 0 saturated carbocycles. The number of urea groups is 1. The van der Waals surface area contributed by atoms with Gasteiger partial charge in [-0.05, 0) is 17.5 Å². The summed E-state index contributed by atoms with van der Waals surface area (Å²) >= 11 is 0. The van der Waals surface area contributed by atoms with E-state index in [-0.39, 0.29) is 12.1 Å². The Bertz CT molecular complexity index is 744. The highest BCUT2D eigenvalue weighted by atomic mass is 16.5. The fourth-order valence-corrected chi connectivity index (χ4v) is 3.44. The first-order valence-electron chi connectivity index (χ1n) is 8.28. The van der Waals surface area contributed by atoms with Gasteiger partial charge in [-0.25, -0.2) is 4.79 Å². The van der Waals surface area contributed by atoms with Crippen LogP contribution < -0.4 is 5.32 Å². The molecule has 0 spiro atoms. The van der Waals surface area contributed by atoms with Gasteiger partial charge in [-0.2, -0.15) is 0 Å². The number of hydrogen-bond donors (Lipinski definition) is 1. The number of carbonyl (C=O) groups excluding carboxylic acids is 1. The van der Waals surface area contributed by atoms with Gasteiger partial charge >= 0.3 is 6.03 Å². The van der Waals surface area contributed by atoms with Crippen molar-refractivity contribution in [1.82, 2.24) is 25.0 Å². The Morgan fingerprint density at radius 3 is 3.08 bits per heavy atom. The van der Waals surface area contributed by atoms with E-state index in [0.717, 1.165) is 12.2 Å². The molecule has 2 heterocycles. The Morgan fingerprint density at radius 2 is 2.29 bits per heavy atom. The van der Waals surface area contributed by atoms with Crippen molar-refractivity contribution >= 4 is 6.03 Å². The van der Waals surface area contributed by atoms with Gasteiger partial charge < -0.3 is 19.5 Å². The topological polar surface area (TPSA) is 72.3 Å². The Balaban J connectivity index is 1.33. The Kier molecular flexibility index (Phi) is 3.93. The van der Waals surface area contributed by atoms with Gasteiger partial charge in [0.05, 0.1) is 13.2 Å². The van der Waals surface area contributed by atoms with Gasteiger partial charge in [0.2, 0.25) is 0 Å². The number of benzene rings is 1. The quantitative estimate of drug-likeness (QED) is 0.920. The first-order chi connectivity index (χ1) is 11.7. The van der Waals surface area contributed by atoms with E-state index in [1.54, 1.807) is 11.2 Å². The van der Waals surface area contributed by atoms with Crippen molar-refractivity contribution in [2.24, 2.45) is 7.05 Å². The molecule has 126 valence electrons. The second-order valence-electron chi connectivity index (χ2n) is 6.39. The van der Waals surface area contributed by atoms with Crippen LogP contribution in [0.4, 0.5) is 4.79 Å². The van der Waals surface area contributed by atoms with Crippen molar-refractivity contribution in [3.8, 4) is 0 Å². The molecule has 1 aromatic carbocycles. The first-order valence-corrected chi connectivity index (χ1v) is 8.28. The van der Waals surface area contributed by atoms with E-state index in [1.807, 2.05) is 11.6 Å². The molecule has 1 N–H and O–H groups in total. The van der Waals surface area contributed by atoms with Gasteiger partial charge in [-0.15, -0.1) is 10.2 Å². The minimum absolute atomic E-state index is 0.0325. The Labute approximate surface area is 140 Å². The third-order valence-electron chi connectivity index (χ3n) is 4.85. The summed E-state index contributed by atoms with van der Waals surface area (Å²) in [5, 5.41) is 11.0. The normalized spacial score (nSPS) is 22.6. The number of carbonyl (C=O) groups is 1. The standard InChI is InChI=1S/C17H21N5O2/c1-21-11-19-20-16(21)15-10-22(6-7-24-15)17(23)18-9-13-8-12-4-2-3-5-14(12)13/h2-5,11,13,15H,6-10H2,1H3,(H,18,23)/t13-,15-/m1/s1. The molecule has 4 rings (SSSR count). The monoisotopic (exact) mass is 327 g/mol. The second kappa shape index (κ2) is 6.24. The van der Waals surface area contributed by atoms with E-state index in [4.69, 9.17) is 4.74 Å². The highest BCUT2D eigenvalue weighted by Crippen LogP contribution is 2.34. The highest BCUT2D eigenvalue weighted by molar-refractivity contribution is 5.74. The van der Waals surface area contributed by atoms with Gasteiger partial charge in [-0.1, -0.05) is 24.3 Å². The number of fused-ring (bicyclic) bond motifs is 1. The van der Waals surface area contributed by atoms with Gasteiger partial charge in [0.1, 0.15) is 12.4 Å². The number of aromatic nitrogens is 3. The molecule has 1 saturated heterocycles. The third kappa shape index (κ3) is 2.75. The summed E-state index contributed by atoms with van der Waals surface area (Å²) in [4.78, 5) is 14.3. The van der Waals surface area contributed by atoms with Crippen LogP contribution in [0.3, 0.4) is 0 Å². The third-order valence-corrected chi connectivity index (χ3v) is 4.85. The molecule has 1 aliphatic carbocycles. The van der Waals surface area contributed by atoms with E-state index >= 15 is 0 Å². The lowest BCUT2D eigenvalue weighted by atomic mass is 9.78. The zero-order valence-electron chi connectivity index (χ0n) is 13.7. The summed E-state index contributed by atoms with van der Waals surface area (Å²) in [6.45, 7) is 2.29. The number of nitrogens with zero attached hydrogens (tertiary/aromatic N) is 4. The van der Waals surface area contributed by atoms with E-state index in [1.165, 1.54) is 11.1 Å². The fraction of sp³-hybridized carbons (Fsp3) is 0.471. The van der Waals surface area contributed by atoms with Crippen molar-refractivity contribution in [2.45, 2.75) is 18.4 Å². The maximum Gasteiger partial charge on any atom is 0.317 e. The number of nitrogens with one attached hydrogen (secondary N) is 1. The summed E-state index contributed by atoms with van der Waals surface area (Å²) < 4.78 is 7.57. The maximum absolute atomic E-state index is 12.5. The minimum Gasteiger partial charge on any atom is -0.366 e. The van der Waals surface area contributed by atoms with Crippen LogP contribution in [0.1, 0.15) is 29.0 Å². The van der Waals surface area contributed by atoms with Gasteiger partial charge in [0.15, 0.2) is 5.82 Å². The zero-order chi connectivity index (χ0) is 16.5. The van der Waals surface area contributed by atoms with Gasteiger partial charge in [0.25, 0.3) is 0 Å². The average molecular weight is 327 g/mol. The van der Waals surface area contributed by atoms with Crippen molar-refractivity contribution in [2.75, 3.05) is 26.2 Å². The molecule has 2 aromatic rings. The van der Waals surface area contributed by atoms with Crippen LogP contribution in [-0.2, 0) is 18.2 Å². The van der Waals surface area contributed by atoms with Crippen molar-refractivity contribution in [3.05, 3.63) is 47.5 Å². The molecule has 1 aliphatic heterocycles. The predicted octanol–water partition coefficient (Wildman–Crippen LogP) is 1.24. The molecule has 0 bridgehead atoms. The molecule has 24 heavy (non-hydrogen) atoms. The lowest BCUT2D eigenvalue weighted by Crippen LogP contribution is -2.48. The summed E-state index contributed by atoms with van der Waals surface area (Å²) in [6.07, 6.45) is 2.47. The van der Waals surface area contributed by atoms with E-state index in [9.17, 15) is 4.79 Å². The van der Waals surface area contributed by atoms with Crippen LogP contribution in [0.5, 0.6) is 0 Å². The fourth-order valence-electron chi connectivity index (χ4n) is 3.44. The molecular formula is C17H21N5O2. The highest BCUT2D eigenvalue weighted by Gasteiger charge is 2.30. The van der Waals surface area contributed by atoms with Crippen LogP contribution in [0, 0.1) is 0 Å². The Hall–Kier alpha value is -2.41. The Morgan fingerprint density at radius 1 is 1.42 bits per heavy atom. The second-order valence-corrected chi connectivity index (χ2v) is 6.39.